The summed E-state index contributed by atoms with van der Waals surface area (Å²) in [6.45, 7) is 11.4. The predicted molar refractivity (Wildman–Crippen MR) is 171 cm³/mol. The molecule has 4 rings (SSSR count). The molecule has 2 fully saturated rings. The normalized spacial score (nSPS) is 18.6. The Hall–Kier alpha value is -2.52. The summed E-state index contributed by atoms with van der Waals surface area (Å²) in [6.07, 6.45) is 9.90. The Kier molecular flexibility index (Phi) is 12.2. The number of nitrogens with one attached hydrogen (secondary N) is 3. The van der Waals surface area contributed by atoms with Crippen LogP contribution < -0.4 is 16.0 Å². The largest absolute Gasteiger partial charge is 0.354 e. The maximum absolute atomic E-state index is 13.8. The number of aromatic nitrogens is 1. The number of hydrogen-bond donors (Lipinski definition) is 3. The number of amides is 3. The van der Waals surface area contributed by atoms with Gasteiger partial charge in [0.2, 0.25) is 17.7 Å². The van der Waals surface area contributed by atoms with E-state index in [2.05, 4.69) is 46.8 Å². The minimum absolute atomic E-state index is 0.0378. The number of likely N-dealkylation sites (tertiary alicyclic amines) is 1. The van der Waals surface area contributed by atoms with Gasteiger partial charge < -0.3 is 20.9 Å². The van der Waals surface area contributed by atoms with Crippen molar-refractivity contribution in [2.45, 2.75) is 110 Å². The van der Waals surface area contributed by atoms with E-state index in [0.29, 0.717) is 31.2 Å². The van der Waals surface area contributed by atoms with Crippen molar-refractivity contribution in [3.05, 3.63) is 28.8 Å². The molecule has 8 nitrogen and oxygen atoms in total. The van der Waals surface area contributed by atoms with E-state index in [1.807, 2.05) is 13.0 Å². The number of benzene rings is 1. The molecule has 0 radical (unpaired) electrons. The zero-order valence-electron chi connectivity index (χ0n) is 26.0. The van der Waals surface area contributed by atoms with Crippen LogP contribution in [0.5, 0.6) is 0 Å². The van der Waals surface area contributed by atoms with Crippen molar-refractivity contribution in [3.63, 3.8) is 0 Å². The second kappa shape index (κ2) is 15.8. The molecule has 232 valence electrons. The molecular weight excluding hydrogens is 546 g/mol. The number of hydrogen-bond acceptors (Lipinski definition) is 6. The number of thiazole rings is 1. The molecule has 1 saturated heterocycles. The van der Waals surface area contributed by atoms with Crippen molar-refractivity contribution in [1.82, 2.24) is 25.8 Å². The van der Waals surface area contributed by atoms with Gasteiger partial charge in [0, 0.05) is 37.9 Å². The van der Waals surface area contributed by atoms with Gasteiger partial charge >= 0.3 is 0 Å². The lowest BCUT2D eigenvalue weighted by Crippen LogP contribution is -2.53. The van der Waals surface area contributed by atoms with Crippen LogP contribution in [0.2, 0.25) is 0 Å². The van der Waals surface area contributed by atoms with E-state index in [4.69, 9.17) is 4.98 Å². The maximum Gasteiger partial charge on any atom is 0.243 e. The molecule has 0 bridgehead atoms. The molecule has 2 heterocycles. The van der Waals surface area contributed by atoms with E-state index in [1.165, 1.54) is 37.7 Å². The van der Waals surface area contributed by atoms with Crippen LogP contribution in [-0.2, 0) is 20.8 Å². The molecule has 3 N–H and O–H groups in total. The summed E-state index contributed by atoms with van der Waals surface area (Å²) < 4.78 is 1.10. The van der Waals surface area contributed by atoms with Crippen molar-refractivity contribution in [2.75, 3.05) is 26.2 Å². The highest BCUT2D eigenvalue weighted by Gasteiger charge is 2.28. The minimum atomic E-state index is -0.721. The van der Waals surface area contributed by atoms with Gasteiger partial charge in [0.15, 0.2) is 0 Å². The second-order valence-corrected chi connectivity index (χ2v) is 13.9. The van der Waals surface area contributed by atoms with Gasteiger partial charge in [-0.2, -0.15) is 0 Å². The highest BCUT2D eigenvalue weighted by molar-refractivity contribution is 7.18. The molecule has 42 heavy (non-hydrogen) atoms. The van der Waals surface area contributed by atoms with Crippen LogP contribution >= 0.6 is 11.3 Å². The molecule has 1 aromatic carbocycles. The van der Waals surface area contributed by atoms with Gasteiger partial charge in [0.25, 0.3) is 0 Å². The van der Waals surface area contributed by atoms with Crippen LogP contribution in [0.25, 0.3) is 10.2 Å². The molecule has 1 aromatic heterocycles. The molecule has 1 aliphatic carbocycles. The molecule has 3 amide bonds. The van der Waals surface area contributed by atoms with Crippen LogP contribution in [0.3, 0.4) is 0 Å². The van der Waals surface area contributed by atoms with Gasteiger partial charge in [-0.1, -0.05) is 65.9 Å². The number of fused-ring (bicyclic) bond motifs is 1. The Morgan fingerprint density at radius 2 is 1.74 bits per heavy atom. The summed E-state index contributed by atoms with van der Waals surface area (Å²) in [7, 11) is 0. The molecule has 1 saturated carbocycles. The fourth-order valence-electron chi connectivity index (χ4n) is 6.27. The lowest BCUT2D eigenvalue weighted by molar-refractivity contribution is -0.129. The third-order valence-corrected chi connectivity index (χ3v) is 9.91. The fourth-order valence-corrected chi connectivity index (χ4v) is 7.33. The molecule has 2 aromatic rings. The molecular formula is C33H51N5O3S. The third kappa shape index (κ3) is 9.49. The van der Waals surface area contributed by atoms with Gasteiger partial charge in [0.05, 0.1) is 15.2 Å². The lowest BCUT2D eigenvalue weighted by Gasteiger charge is -2.29. The van der Waals surface area contributed by atoms with E-state index in [1.54, 1.807) is 18.3 Å². The van der Waals surface area contributed by atoms with E-state index in [0.717, 1.165) is 54.1 Å². The zero-order chi connectivity index (χ0) is 30.1. The highest BCUT2D eigenvalue weighted by Crippen LogP contribution is 2.28. The smallest absolute Gasteiger partial charge is 0.243 e. The minimum Gasteiger partial charge on any atom is -0.354 e. The maximum atomic E-state index is 13.8. The molecule has 3 atom stereocenters. The fraction of sp³-hybridized carbons (Fsp3) is 0.697. The zero-order valence-corrected chi connectivity index (χ0v) is 26.9. The summed E-state index contributed by atoms with van der Waals surface area (Å²) in [6, 6.07) is 5.41. The average molecular weight is 598 g/mol. The van der Waals surface area contributed by atoms with E-state index >= 15 is 0 Å². The number of carbonyl (C=O) groups is 3. The van der Waals surface area contributed by atoms with Crippen LogP contribution in [0.1, 0.15) is 102 Å². The SMILES string of the molecule is CCC(=O)N[C@@H](Cc1nc2ccc(C(C)C)cc2s1)C(=O)NC(CNC(=O)C(C)CN1CCCC1)CC1CCCCC1. The van der Waals surface area contributed by atoms with Crippen LogP contribution in [-0.4, -0.2) is 65.9 Å². The Balaban J connectivity index is 1.44. The van der Waals surface area contributed by atoms with Gasteiger partial charge in [-0.15, -0.1) is 11.3 Å². The van der Waals surface area contributed by atoms with Crippen LogP contribution in [0.15, 0.2) is 18.2 Å². The van der Waals surface area contributed by atoms with Gasteiger partial charge in [-0.05, 0) is 61.9 Å². The Morgan fingerprint density at radius 1 is 1.00 bits per heavy atom. The molecule has 9 heteroatoms. The summed E-state index contributed by atoms with van der Waals surface area (Å²) in [5.74, 6) is 0.528. The number of rotatable bonds is 14. The first-order valence-electron chi connectivity index (χ1n) is 16.2. The summed E-state index contributed by atoms with van der Waals surface area (Å²) in [5, 5.41) is 10.2. The predicted octanol–water partition coefficient (Wildman–Crippen LogP) is 5.16. The van der Waals surface area contributed by atoms with Crippen LogP contribution in [0, 0.1) is 11.8 Å². The summed E-state index contributed by atoms with van der Waals surface area (Å²) in [5.41, 5.74) is 2.18. The molecule has 1 aliphatic heterocycles. The molecule has 0 spiro atoms. The highest BCUT2D eigenvalue weighted by atomic mass is 32.1. The molecule has 2 aliphatic rings. The van der Waals surface area contributed by atoms with Crippen molar-refractivity contribution in [3.8, 4) is 0 Å². The number of carbonyl (C=O) groups excluding carboxylic acids is 3. The van der Waals surface area contributed by atoms with Gasteiger partial charge in [0.1, 0.15) is 6.04 Å². The monoisotopic (exact) mass is 597 g/mol. The second-order valence-electron chi connectivity index (χ2n) is 12.8. The Morgan fingerprint density at radius 3 is 2.43 bits per heavy atom. The quantitative estimate of drug-likeness (QED) is 0.279. The first-order valence-corrected chi connectivity index (χ1v) is 17.0. The Labute approximate surface area is 255 Å². The Bertz CT molecular complexity index is 1190. The summed E-state index contributed by atoms with van der Waals surface area (Å²) in [4.78, 5) is 46.4. The van der Waals surface area contributed by atoms with Crippen molar-refractivity contribution < 1.29 is 14.4 Å². The average Bonchev–Trinajstić information content (AvgIpc) is 3.64. The topological polar surface area (TPSA) is 103 Å². The van der Waals surface area contributed by atoms with E-state index in [9.17, 15) is 14.4 Å². The summed E-state index contributed by atoms with van der Waals surface area (Å²) >= 11 is 1.58. The lowest BCUT2D eigenvalue weighted by atomic mass is 9.84. The first kappa shape index (κ1) is 32.4. The van der Waals surface area contributed by atoms with Crippen molar-refractivity contribution >= 4 is 39.3 Å². The molecule has 2 unspecified atom stereocenters. The standard InChI is InChI=1S/C33H51N5O3S/c1-5-30(39)36-28(19-31-37-27-14-13-25(22(2)3)18-29(27)42-31)33(41)35-26(17-24-11-7-6-8-12-24)20-34-32(40)23(4)21-38-15-9-10-16-38/h13-14,18,22-24,26,28H,5-12,15-17,19-21H2,1-4H3,(H,34,40)(H,35,41)(H,36,39)/t23?,26?,28-/m0/s1. The van der Waals surface area contributed by atoms with Crippen LogP contribution in [0.4, 0.5) is 0 Å². The first-order chi connectivity index (χ1) is 20.2. The number of nitrogens with zero attached hydrogens (tertiary/aromatic N) is 2. The van der Waals surface area contributed by atoms with Crippen molar-refractivity contribution in [2.24, 2.45) is 11.8 Å². The van der Waals surface area contributed by atoms with Gasteiger partial charge in [-0.25, -0.2) is 4.98 Å². The van der Waals surface area contributed by atoms with Crippen molar-refractivity contribution in [1.29, 1.82) is 0 Å². The third-order valence-electron chi connectivity index (χ3n) is 8.87. The van der Waals surface area contributed by atoms with Gasteiger partial charge in [-0.3, -0.25) is 14.4 Å². The van der Waals surface area contributed by atoms with E-state index in [-0.39, 0.29) is 29.7 Å². The van der Waals surface area contributed by atoms with E-state index < -0.39 is 6.04 Å².